The molecule has 132 valence electrons. The maximum absolute atomic E-state index is 14.0. The molecule has 2 heterocycles. The van der Waals surface area contributed by atoms with Crippen molar-refractivity contribution in [1.29, 1.82) is 0 Å². The molecule has 2 rings (SSSR count). The molecule has 0 fully saturated rings. The van der Waals surface area contributed by atoms with Crippen LogP contribution in [0.25, 0.3) is 0 Å². The topological polar surface area (TPSA) is 75.2 Å². The van der Waals surface area contributed by atoms with Crippen LogP contribution >= 0.6 is 0 Å². The van der Waals surface area contributed by atoms with Gasteiger partial charge in [-0.1, -0.05) is 13.8 Å². The number of aromatic nitrogens is 2. The number of halogens is 1. The number of nitrogens with one attached hydrogen (secondary N) is 1. The highest BCUT2D eigenvalue weighted by Crippen LogP contribution is 2.34. The van der Waals surface area contributed by atoms with Crippen LogP contribution < -0.4 is 10.2 Å². The summed E-state index contributed by atoms with van der Waals surface area (Å²) in [4.78, 5) is 33.9. The average molecular weight is 344 g/mol. The Balaban J connectivity index is 2.78. The van der Waals surface area contributed by atoms with E-state index in [2.05, 4.69) is 15.3 Å². The summed E-state index contributed by atoms with van der Waals surface area (Å²) >= 11 is 0. The summed E-state index contributed by atoms with van der Waals surface area (Å²) in [5.74, 6) is -1.02. The lowest BCUT2D eigenvalue weighted by Gasteiger charge is -2.24. The highest BCUT2D eigenvalue weighted by atomic mass is 19.1. The Morgan fingerprint density at radius 2 is 2.04 bits per heavy atom. The number of anilines is 2. The summed E-state index contributed by atoms with van der Waals surface area (Å²) in [7, 11) is 1.43. The molecule has 0 aliphatic heterocycles. The third-order valence-electron chi connectivity index (χ3n) is 3.88. The Labute approximate surface area is 146 Å². The van der Waals surface area contributed by atoms with Gasteiger partial charge in [0.05, 0.1) is 22.6 Å². The molecule has 0 aliphatic carbocycles. The second-order valence-electron chi connectivity index (χ2n) is 6.00. The summed E-state index contributed by atoms with van der Waals surface area (Å²) < 4.78 is 14.0. The fraction of sp³-hybridized carbons (Fsp3) is 0.333. The standard InChI is InChI=1S/C18H21FN4O2/c1-10(2)15-16(11(3)6-7-21-15)23(9-24)17-13(18(25)20-5)8-14(19)12(4)22-17/h6-10H,1-5H3,(H,20,25). The SMILES string of the molecule is CNC(=O)c1cc(F)c(C)nc1N(C=O)c1c(C)ccnc1C(C)C. The molecule has 0 aromatic carbocycles. The predicted octanol–water partition coefficient (Wildman–Crippen LogP) is 3.01. The van der Waals surface area contributed by atoms with Gasteiger partial charge >= 0.3 is 0 Å². The number of aryl methyl sites for hydroxylation is 2. The van der Waals surface area contributed by atoms with Crippen LogP contribution in [0.1, 0.15) is 47.1 Å². The maximum atomic E-state index is 14.0. The van der Waals surface area contributed by atoms with E-state index in [1.54, 1.807) is 12.3 Å². The minimum Gasteiger partial charge on any atom is -0.355 e. The highest BCUT2D eigenvalue weighted by molar-refractivity contribution is 6.03. The molecule has 0 saturated heterocycles. The van der Waals surface area contributed by atoms with E-state index in [1.807, 2.05) is 20.8 Å². The van der Waals surface area contributed by atoms with Crippen LogP contribution in [0.4, 0.5) is 15.9 Å². The van der Waals surface area contributed by atoms with Gasteiger partial charge in [0.2, 0.25) is 6.41 Å². The first-order chi connectivity index (χ1) is 11.8. The molecule has 0 saturated carbocycles. The summed E-state index contributed by atoms with van der Waals surface area (Å²) in [5.41, 5.74) is 2.13. The van der Waals surface area contributed by atoms with E-state index >= 15 is 0 Å². The van der Waals surface area contributed by atoms with E-state index in [-0.39, 0.29) is 23.0 Å². The van der Waals surface area contributed by atoms with Crippen molar-refractivity contribution in [3.05, 3.63) is 46.7 Å². The van der Waals surface area contributed by atoms with E-state index in [0.717, 1.165) is 11.6 Å². The minimum atomic E-state index is -0.611. The summed E-state index contributed by atoms with van der Waals surface area (Å²) in [6.07, 6.45) is 2.24. The Morgan fingerprint density at radius 1 is 1.36 bits per heavy atom. The lowest BCUT2D eigenvalue weighted by atomic mass is 10.0. The molecule has 0 atom stereocenters. The third kappa shape index (κ3) is 3.50. The third-order valence-corrected chi connectivity index (χ3v) is 3.88. The Kier molecular flexibility index (Phi) is 5.46. The van der Waals surface area contributed by atoms with Crippen molar-refractivity contribution in [3.8, 4) is 0 Å². The van der Waals surface area contributed by atoms with Crippen LogP contribution in [0.15, 0.2) is 18.3 Å². The smallest absolute Gasteiger partial charge is 0.254 e. The number of hydrogen-bond donors (Lipinski definition) is 1. The van der Waals surface area contributed by atoms with E-state index in [1.165, 1.54) is 18.9 Å². The van der Waals surface area contributed by atoms with Crippen molar-refractivity contribution < 1.29 is 14.0 Å². The molecule has 7 heteroatoms. The van der Waals surface area contributed by atoms with Gasteiger partial charge in [0.25, 0.3) is 5.91 Å². The van der Waals surface area contributed by atoms with Crippen molar-refractivity contribution >= 4 is 23.8 Å². The molecule has 0 radical (unpaired) electrons. The molecule has 25 heavy (non-hydrogen) atoms. The van der Waals surface area contributed by atoms with Crippen LogP contribution in [-0.4, -0.2) is 29.3 Å². The summed E-state index contributed by atoms with van der Waals surface area (Å²) in [5, 5.41) is 2.45. The molecule has 0 unspecified atom stereocenters. The number of amides is 2. The molecule has 0 spiro atoms. The van der Waals surface area contributed by atoms with Gasteiger partial charge in [-0.25, -0.2) is 9.37 Å². The van der Waals surface area contributed by atoms with Gasteiger partial charge in [-0.2, -0.15) is 0 Å². The van der Waals surface area contributed by atoms with Crippen LogP contribution in [0.5, 0.6) is 0 Å². The van der Waals surface area contributed by atoms with Crippen LogP contribution in [0.2, 0.25) is 0 Å². The minimum absolute atomic E-state index is 0.0179. The Morgan fingerprint density at radius 3 is 2.60 bits per heavy atom. The second kappa shape index (κ2) is 7.38. The van der Waals surface area contributed by atoms with Gasteiger partial charge in [0.1, 0.15) is 5.82 Å². The number of rotatable bonds is 5. The molecule has 2 aromatic rings. The Bertz CT molecular complexity index is 821. The second-order valence-corrected chi connectivity index (χ2v) is 6.00. The van der Waals surface area contributed by atoms with Crippen molar-refractivity contribution in [2.45, 2.75) is 33.6 Å². The first kappa shape index (κ1) is 18.5. The van der Waals surface area contributed by atoms with Gasteiger partial charge in [-0.05, 0) is 37.5 Å². The van der Waals surface area contributed by atoms with Crippen molar-refractivity contribution in [3.63, 3.8) is 0 Å². The largest absolute Gasteiger partial charge is 0.355 e. The van der Waals surface area contributed by atoms with Gasteiger partial charge in [0, 0.05) is 13.2 Å². The zero-order chi connectivity index (χ0) is 18.7. The van der Waals surface area contributed by atoms with Gasteiger partial charge in [0.15, 0.2) is 5.82 Å². The monoisotopic (exact) mass is 344 g/mol. The van der Waals surface area contributed by atoms with Crippen molar-refractivity contribution in [2.75, 3.05) is 11.9 Å². The zero-order valence-corrected chi connectivity index (χ0v) is 14.9. The number of carbonyl (C=O) groups is 2. The molecule has 0 aliphatic rings. The zero-order valence-electron chi connectivity index (χ0n) is 14.9. The molecular weight excluding hydrogens is 323 g/mol. The molecule has 2 aromatic heterocycles. The number of carbonyl (C=O) groups excluding carboxylic acids is 2. The van der Waals surface area contributed by atoms with Crippen LogP contribution in [-0.2, 0) is 4.79 Å². The molecule has 6 nitrogen and oxygen atoms in total. The molecule has 2 amide bonds. The quantitative estimate of drug-likeness (QED) is 0.846. The summed E-state index contributed by atoms with van der Waals surface area (Å²) in [6.45, 7) is 7.23. The Hall–Kier alpha value is -2.83. The number of hydrogen-bond acceptors (Lipinski definition) is 4. The first-order valence-electron chi connectivity index (χ1n) is 7.91. The van der Waals surface area contributed by atoms with Crippen LogP contribution in [0, 0.1) is 19.7 Å². The van der Waals surface area contributed by atoms with Gasteiger partial charge in [-0.3, -0.25) is 19.5 Å². The van der Waals surface area contributed by atoms with Gasteiger partial charge in [-0.15, -0.1) is 0 Å². The summed E-state index contributed by atoms with van der Waals surface area (Å²) in [6, 6.07) is 2.86. The lowest BCUT2D eigenvalue weighted by molar-refractivity contribution is -0.106. The molecule has 0 bridgehead atoms. The highest BCUT2D eigenvalue weighted by Gasteiger charge is 2.25. The fourth-order valence-electron chi connectivity index (χ4n) is 2.57. The van der Waals surface area contributed by atoms with E-state index < -0.39 is 11.7 Å². The first-order valence-corrected chi connectivity index (χ1v) is 7.91. The van der Waals surface area contributed by atoms with E-state index in [9.17, 15) is 14.0 Å². The normalized spacial score (nSPS) is 10.7. The van der Waals surface area contributed by atoms with E-state index in [0.29, 0.717) is 17.8 Å². The van der Waals surface area contributed by atoms with Crippen molar-refractivity contribution in [1.82, 2.24) is 15.3 Å². The van der Waals surface area contributed by atoms with E-state index in [4.69, 9.17) is 0 Å². The number of pyridine rings is 2. The average Bonchev–Trinajstić information content (AvgIpc) is 2.58. The van der Waals surface area contributed by atoms with Crippen LogP contribution in [0.3, 0.4) is 0 Å². The molecular formula is C18H21FN4O2. The predicted molar refractivity (Wildman–Crippen MR) is 93.6 cm³/mol. The fourth-order valence-corrected chi connectivity index (χ4v) is 2.57. The molecule has 1 N–H and O–H groups in total. The van der Waals surface area contributed by atoms with Crippen molar-refractivity contribution in [2.24, 2.45) is 0 Å². The van der Waals surface area contributed by atoms with Gasteiger partial charge < -0.3 is 5.32 Å². The lowest BCUT2D eigenvalue weighted by Crippen LogP contribution is -2.26. The maximum Gasteiger partial charge on any atom is 0.254 e. The number of nitrogens with zero attached hydrogens (tertiary/aromatic N) is 3.